The van der Waals surface area contributed by atoms with E-state index in [1.807, 2.05) is 0 Å². The van der Waals surface area contributed by atoms with E-state index >= 15 is 0 Å². The third-order valence-corrected chi connectivity index (χ3v) is 3.50. The lowest BCUT2D eigenvalue weighted by Crippen LogP contribution is -2.30. The largest absolute Gasteiger partial charge is 0.390 e. The molecule has 18 heavy (non-hydrogen) atoms. The average molecular weight is 321 g/mol. The SMILES string of the molecule is CC(CC(F)(F)F)NCc1c(Cl)ccc(Cl)c1Cl. The minimum Gasteiger partial charge on any atom is -0.310 e. The highest BCUT2D eigenvalue weighted by atomic mass is 35.5. The molecule has 7 heteroatoms. The molecule has 1 aromatic carbocycles. The second kappa shape index (κ2) is 6.33. The Morgan fingerprint density at radius 2 is 1.72 bits per heavy atom. The Labute approximate surface area is 118 Å². The fourth-order valence-electron chi connectivity index (χ4n) is 1.43. The Balaban J connectivity index is 2.67. The number of hydrogen-bond acceptors (Lipinski definition) is 1. The van der Waals surface area contributed by atoms with Gasteiger partial charge < -0.3 is 5.32 Å². The smallest absolute Gasteiger partial charge is 0.310 e. The number of benzene rings is 1. The summed E-state index contributed by atoms with van der Waals surface area (Å²) >= 11 is 17.7. The number of hydrogen-bond donors (Lipinski definition) is 1. The summed E-state index contributed by atoms with van der Waals surface area (Å²) in [6, 6.07) is 2.37. The van der Waals surface area contributed by atoms with Gasteiger partial charge in [-0.05, 0) is 19.1 Å². The third kappa shape index (κ3) is 4.84. The first-order chi connectivity index (χ1) is 8.20. The molecule has 0 saturated heterocycles. The molecule has 0 aliphatic carbocycles. The second-order valence-electron chi connectivity index (χ2n) is 3.92. The summed E-state index contributed by atoms with van der Waals surface area (Å²) in [7, 11) is 0. The van der Waals surface area contributed by atoms with Crippen LogP contribution in [0.5, 0.6) is 0 Å². The first-order valence-corrected chi connectivity index (χ1v) is 6.26. The van der Waals surface area contributed by atoms with Gasteiger partial charge in [-0.1, -0.05) is 34.8 Å². The lowest BCUT2D eigenvalue weighted by Gasteiger charge is -2.17. The van der Waals surface area contributed by atoms with Crippen LogP contribution in [0.1, 0.15) is 18.9 Å². The maximum atomic E-state index is 12.1. The molecule has 1 N–H and O–H groups in total. The molecule has 0 fully saturated rings. The van der Waals surface area contributed by atoms with Crippen molar-refractivity contribution in [2.45, 2.75) is 32.1 Å². The van der Waals surface area contributed by atoms with Gasteiger partial charge in [0, 0.05) is 23.2 Å². The van der Waals surface area contributed by atoms with Crippen molar-refractivity contribution < 1.29 is 13.2 Å². The van der Waals surface area contributed by atoms with E-state index in [0.29, 0.717) is 15.6 Å². The zero-order valence-electron chi connectivity index (χ0n) is 9.41. The van der Waals surface area contributed by atoms with Crippen LogP contribution in [0.25, 0.3) is 0 Å². The highest BCUT2D eigenvalue weighted by molar-refractivity contribution is 6.44. The van der Waals surface area contributed by atoms with Gasteiger partial charge in [0.25, 0.3) is 0 Å². The van der Waals surface area contributed by atoms with E-state index in [-0.39, 0.29) is 11.6 Å². The topological polar surface area (TPSA) is 12.0 Å². The van der Waals surface area contributed by atoms with Gasteiger partial charge in [-0.15, -0.1) is 0 Å². The van der Waals surface area contributed by atoms with Crippen molar-refractivity contribution in [2.24, 2.45) is 0 Å². The quantitative estimate of drug-likeness (QED) is 0.763. The Hall–Kier alpha value is -0.160. The van der Waals surface area contributed by atoms with Crippen LogP contribution in [0.15, 0.2) is 12.1 Å². The minimum absolute atomic E-state index is 0.134. The van der Waals surface area contributed by atoms with Crippen molar-refractivity contribution in [3.63, 3.8) is 0 Å². The van der Waals surface area contributed by atoms with Gasteiger partial charge in [0.05, 0.1) is 16.5 Å². The molecule has 0 amide bonds. The number of alkyl halides is 3. The van der Waals surface area contributed by atoms with Crippen molar-refractivity contribution in [2.75, 3.05) is 0 Å². The second-order valence-corrected chi connectivity index (χ2v) is 5.12. The molecule has 0 aliphatic rings. The molecule has 0 radical (unpaired) electrons. The van der Waals surface area contributed by atoms with Crippen LogP contribution >= 0.6 is 34.8 Å². The van der Waals surface area contributed by atoms with Gasteiger partial charge >= 0.3 is 6.18 Å². The molecular formula is C11H11Cl3F3N. The van der Waals surface area contributed by atoms with E-state index in [9.17, 15) is 13.2 Å². The zero-order valence-corrected chi connectivity index (χ0v) is 11.7. The first kappa shape index (κ1) is 15.9. The molecule has 1 rings (SSSR count). The minimum atomic E-state index is -4.20. The molecule has 102 valence electrons. The van der Waals surface area contributed by atoms with Gasteiger partial charge in [0.1, 0.15) is 0 Å². The van der Waals surface area contributed by atoms with Crippen LogP contribution in [-0.2, 0) is 6.54 Å². The van der Waals surface area contributed by atoms with E-state index in [2.05, 4.69) is 5.32 Å². The Morgan fingerprint density at radius 1 is 1.17 bits per heavy atom. The lowest BCUT2D eigenvalue weighted by molar-refractivity contribution is -0.139. The average Bonchev–Trinajstić information content (AvgIpc) is 2.21. The summed E-state index contributed by atoms with van der Waals surface area (Å²) in [5.41, 5.74) is 0.500. The molecule has 1 nitrogen and oxygen atoms in total. The summed E-state index contributed by atoms with van der Waals surface area (Å²) in [6.45, 7) is 1.58. The molecular weight excluding hydrogens is 309 g/mol. The van der Waals surface area contributed by atoms with Crippen LogP contribution in [-0.4, -0.2) is 12.2 Å². The molecule has 1 atom stereocenters. The summed E-state index contributed by atoms with van der Waals surface area (Å²) in [4.78, 5) is 0. The van der Waals surface area contributed by atoms with Gasteiger partial charge in [-0.2, -0.15) is 13.2 Å². The zero-order chi connectivity index (χ0) is 13.9. The maximum absolute atomic E-state index is 12.1. The molecule has 0 spiro atoms. The highest BCUT2D eigenvalue weighted by Crippen LogP contribution is 2.31. The highest BCUT2D eigenvalue weighted by Gasteiger charge is 2.29. The van der Waals surface area contributed by atoms with Crippen LogP contribution in [0.2, 0.25) is 15.1 Å². The van der Waals surface area contributed by atoms with Crippen molar-refractivity contribution in [1.82, 2.24) is 5.32 Å². The van der Waals surface area contributed by atoms with Gasteiger partial charge in [-0.25, -0.2) is 0 Å². The van der Waals surface area contributed by atoms with E-state index in [0.717, 1.165) is 0 Å². The van der Waals surface area contributed by atoms with Gasteiger partial charge in [0.15, 0.2) is 0 Å². The van der Waals surface area contributed by atoms with E-state index in [1.165, 1.54) is 13.0 Å². The van der Waals surface area contributed by atoms with E-state index in [4.69, 9.17) is 34.8 Å². The molecule has 1 unspecified atom stereocenters. The molecule has 0 bridgehead atoms. The summed E-state index contributed by atoms with van der Waals surface area (Å²) in [5, 5.41) is 3.67. The first-order valence-electron chi connectivity index (χ1n) is 5.13. The molecule has 0 saturated carbocycles. The third-order valence-electron chi connectivity index (χ3n) is 2.30. The molecule has 1 aromatic rings. The van der Waals surface area contributed by atoms with Crippen molar-refractivity contribution >= 4 is 34.8 Å². The fraction of sp³-hybridized carbons (Fsp3) is 0.455. The summed E-state index contributed by atoms with van der Waals surface area (Å²) in [6.07, 6.45) is -5.11. The predicted molar refractivity (Wildman–Crippen MR) is 68.4 cm³/mol. The fourth-order valence-corrected chi connectivity index (χ4v) is 2.11. The van der Waals surface area contributed by atoms with Crippen LogP contribution in [0.4, 0.5) is 13.2 Å². The molecule has 0 aromatic heterocycles. The molecule has 0 heterocycles. The molecule has 0 aliphatic heterocycles. The predicted octanol–water partition coefficient (Wildman–Crippen LogP) is 5.08. The van der Waals surface area contributed by atoms with Gasteiger partial charge in [-0.3, -0.25) is 0 Å². The van der Waals surface area contributed by atoms with Crippen molar-refractivity contribution in [1.29, 1.82) is 0 Å². The van der Waals surface area contributed by atoms with Gasteiger partial charge in [0.2, 0.25) is 0 Å². The van der Waals surface area contributed by atoms with E-state index in [1.54, 1.807) is 6.07 Å². The van der Waals surface area contributed by atoms with Crippen LogP contribution < -0.4 is 5.32 Å². The standard InChI is InChI=1S/C11H11Cl3F3N/c1-6(4-11(15,16)17)18-5-7-8(12)2-3-9(13)10(7)14/h2-3,6,18H,4-5H2,1H3. The summed E-state index contributed by atoms with van der Waals surface area (Å²) in [5.74, 6) is 0. The van der Waals surface area contributed by atoms with Crippen molar-refractivity contribution in [3.8, 4) is 0 Å². The number of halogens is 6. The summed E-state index contributed by atoms with van der Waals surface area (Å²) < 4.78 is 36.4. The van der Waals surface area contributed by atoms with Crippen LogP contribution in [0, 0.1) is 0 Å². The lowest BCUT2D eigenvalue weighted by atomic mass is 10.2. The van der Waals surface area contributed by atoms with E-state index < -0.39 is 18.6 Å². The number of rotatable bonds is 4. The maximum Gasteiger partial charge on any atom is 0.390 e. The normalized spacial score (nSPS) is 13.7. The van der Waals surface area contributed by atoms with Crippen molar-refractivity contribution in [3.05, 3.63) is 32.8 Å². The van der Waals surface area contributed by atoms with Crippen LogP contribution in [0.3, 0.4) is 0 Å². The Bertz CT molecular complexity index is 421. The monoisotopic (exact) mass is 319 g/mol. The Morgan fingerprint density at radius 3 is 2.28 bits per heavy atom. The number of nitrogens with one attached hydrogen (secondary N) is 1. The Kier molecular flexibility index (Phi) is 5.59.